The number of rotatable bonds is 1. The summed E-state index contributed by atoms with van der Waals surface area (Å²) in [5.74, 6) is 0.698. The first-order chi connectivity index (χ1) is 12.4. The second kappa shape index (κ2) is 5.13. The summed E-state index contributed by atoms with van der Waals surface area (Å²) in [7, 11) is 1.98. The lowest BCUT2D eigenvalue weighted by molar-refractivity contribution is -0.276. The third-order valence-electron chi connectivity index (χ3n) is 7.29. The minimum Gasteiger partial charge on any atom is -0.347 e. The lowest BCUT2D eigenvalue weighted by atomic mass is 9.49. The zero-order valence-electron chi connectivity index (χ0n) is 15.9. The number of nitrogens with zero attached hydrogens (tertiary/aromatic N) is 5. The number of hydrogen-bond donors (Lipinski definition) is 1. The fraction of sp³-hybridized carbons (Fsp3) is 0.778. The van der Waals surface area contributed by atoms with Gasteiger partial charge in [0.15, 0.2) is 11.6 Å². The molecule has 0 bridgehead atoms. The molecule has 2 aromatic rings. The Morgan fingerprint density at radius 1 is 1.15 bits per heavy atom. The summed E-state index contributed by atoms with van der Waals surface area (Å²) in [5.41, 5.74) is 3.42. The average Bonchev–Trinajstić information content (AvgIpc) is 3.32. The largest absolute Gasteiger partial charge is 0.347 e. The van der Waals surface area contributed by atoms with Crippen molar-refractivity contribution in [3.05, 3.63) is 11.3 Å². The van der Waals surface area contributed by atoms with Gasteiger partial charge in [-0.25, -0.2) is 5.10 Å². The van der Waals surface area contributed by atoms with Gasteiger partial charge in [-0.3, -0.25) is 4.68 Å². The highest BCUT2D eigenvalue weighted by atomic mass is 16.7. The number of aryl methyl sites for hydroxylation is 1. The topological polar surface area (TPSA) is 90.7 Å². The van der Waals surface area contributed by atoms with Gasteiger partial charge in [-0.15, -0.1) is 5.10 Å². The molecule has 2 atom stereocenters. The normalized spacial score (nSPS) is 31.8. The van der Waals surface area contributed by atoms with Crippen LogP contribution in [0.5, 0.6) is 0 Å². The molecule has 3 heterocycles. The minimum absolute atomic E-state index is 0.00109. The maximum Gasteiger partial charge on any atom is 0.198 e. The molecule has 1 saturated carbocycles. The Bertz CT molecular complexity index is 836. The average molecular weight is 358 g/mol. The van der Waals surface area contributed by atoms with Crippen molar-refractivity contribution in [2.24, 2.45) is 18.4 Å². The third kappa shape index (κ3) is 1.86. The first kappa shape index (κ1) is 16.4. The van der Waals surface area contributed by atoms with Crippen LogP contribution in [0, 0.1) is 11.3 Å². The summed E-state index contributed by atoms with van der Waals surface area (Å²) in [5, 5.41) is 19.5. The Hall–Kier alpha value is -1.80. The molecule has 0 radical (unpaired) electrons. The van der Waals surface area contributed by atoms with Crippen LogP contribution < -0.4 is 0 Å². The highest BCUT2D eigenvalue weighted by Gasteiger charge is 2.64. The standard InChI is InChI=1S/C18H26N6O2/c1-16(2)12-6-5-11-13(15-19-22-23-20-15)24(4)21-14(11)17(12,3)7-8-18(16)25-9-10-26-18/h12H,5-10H2,1-4H3,(H,19,20,22,23)/t12-,17-/m0/s1. The SMILES string of the molecule is Cn1nc2c(c1-c1nnn[nH]1)CC[C@H]1C(C)(C)C3(CC[C@]21C)OCCO3. The summed E-state index contributed by atoms with van der Waals surface area (Å²) >= 11 is 0. The monoisotopic (exact) mass is 358 g/mol. The van der Waals surface area contributed by atoms with Crippen LogP contribution >= 0.6 is 0 Å². The van der Waals surface area contributed by atoms with Crippen LogP contribution in [0.1, 0.15) is 51.3 Å². The summed E-state index contributed by atoms with van der Waals surface area (Å²) in [6.07, 6.45) is 3.98. The molecular weight excluding hydrogens is 332 g/mol. The van der Waals surface area contributed by atoms with Crippen molar-refractivity contribution < 1.29 is 9.47 Å². The molecule has 3 aliphatic rings. The van der Waals surface area contributed by atoms with Gasteiger partial charge in [0.05, 0.1) is 18.9 Å². The number of H-pyrrole nitrogens is 1. The Labute approximate surface area is 152 Å². The molecule has 1 spiro atoms. The first-order valence-corrected chi connectivity index (χ1v) is 9.47. The Balaban J connectivity index is 1.62. The molecule has 26 heavy (non-hydrogen) atoms. The van der Waals surface area contributed by atoms with E-state index in [2.05, 4.69) is 41.4 Å². The van der Waals surface area contributed by atoms with E-state index in [1.54, 1.807) is 0 Å². The van der Waals surface area contributed by atoms with Crippen LogP contribution in [0.25, 0.3) is 11.5 Å². The molecule has 0 amide bonds. The van der Waals surface area contributed by atoms with E-state index in [9.17, 15) is 0 Å². The third-order valence-corrected chi connectivity index (χ3v) is 7.29. The number of aromatic nitrogens is 6. The fourth-order valence-electron chi connectivity index (χ4n) is 6.02. The lowest BCUT2D eigenvalue weighted by Crippen LogP contribution is -2.61. The highest BCUT2D eigenvalue weighted by Crippen LogP contribution is 2.62. The van der Waals surface area contributed by atoms with Crippen LogP contribution in [0.3, 0.4) is 0 Å². The summed E-state index contributed by atoms with van der Waals surface area (Å²) in [4.78, 5) is 0. The molecule has 0 unspecified atom stereocenters. The number of fused-ring (bicyclic) bond motifs is 3. The predicted octanol–water partition coefficient (Wildman–Crippen LogP) is 1.98. The van der Waals surface area contributed by atoms with Gasteiger partial charge in [0, 0.05) is 29.9 Å². The molecule has 8 heteroatoms. The van der Waals surface area contributed by atoms with Gasteiger partial charge in [0.25, 0.3) is 0 Å². The molecule has 140 valence electrons. The Morgan fingerprint density at radius 3 is 2.62 bits per heavy atom. The van der Waals surface area contributed by atoms with E-state index < -0.39 is 5.79 Å². The predicted molar refractivity (Wildman–Crippen MR) is 93.2 cm³/mol. The second-order valence-electron chi connectivity index (χ2n) is 8.73. The summed E-state index contributed by atoms with van der Waals surface area (Å²) < 4.78 is 14.3. The molecule has 1 N–H and O–H groups in total. The molecule has 8 nitrogen and oxygen atoms in total. The van der Waals surface area contributed by atoms with E-state index in [-0.39, 0.29) is 10.8 Å². The van der Waals surface area contributed by atoms with Crippen molar-refractivity contribution in [3.8, 4) is 11.5 Å². The summed E-state index contributed by atoms with van der Waals surface area (Å²) in [6, 6.07) is 0. The maximum atomic E-state index is 6.19. The van der Waals surface area contributed by atoms with E-state index in [0.717, 1.165) is 31.4 Å². The van der Waals surface area contributed by atoms with Crippen molar-refractivity contribution in [2.45, 2.75) is 57.7 Å². The van der Waals surface area contributed by atoms with Gasteiger partial charge >= 0.3 is 0 Å². The van der Waals surface area contributed by atoms with E-state index in [0.29, 0.717) is 25.0 Å². The van der Waals surface area contributed by atoms with Gasteiger partial charge in [-0.2, -0.15) is 5.10 Å². The van der Waals surface area contributed by atoms with Crippen LogP contribution in [0.2, 0.25) is 0 Å². The number of tetrazole rings is 1. The summed E-state index contributed by atoms with van der Waals surface area (Å²) in [6.45, 7) is 8.40. The van der Waals surface area contributed by atoms with Crippen molar-refractivity contribution in [1.29, 1.82) is 0 Å². The molecule has 1 aliphatic heterocycles. The number of ether oxygens (including phenoxy) is 2. The molecule has 0 aromatic carbocycles. The van der Waals surface area contributed by atoms with Crippen molar-refractivity contribution in [3.63, 3.8) is 0 Å². The molecule has 1 saturated heterocycles. The number of nitrogens with one attached hydrogen (secondary N) is 1. The molecule has 2 aromatic heterocycles. The number of aromatic amines is 1. The quantitative estimate of drug-likeness (QED) is 0.838. The second-order valence-corrected chi connectivity index (χ2v) is 8.73. The Kier molecular flexibility index (Phi) is 3.23. The van der Waals surface area contributed by atoms with Gasteiger partial charge in [-0.1, -0.05) is 20.8 Å². The number of hydrogen-bond acceptors (Lipinski definition) is 6. The molecular formula is C18H26N6O2. The van der Waals surface area contributed by atoms with E-state index in [1.807, 2.05) is 11.7 Å². The molecule has 5 rings (SSSR count). The highest BCUT2D eigenvalue weighted by molar-refractivity contribution is 5.58. The van der Waals surface area contributed by atoms with Crippen LogP contribution in [0.4, 0.5) is 0 Å². The first-order valence-electron chi connectivity index (χ1n) is 9.47. The lowest BCUT2D eigenvalue weighted by Gasteiger charge is -2.59. The zero-order chi connectivity index (χ0) is 18.2. The fourth-order valence-corrected chi connectivity index (χ4v) is 6.02. The maximum absolute atomic E-state index is 6.19. The van der Waals surface area contributed by atoms with Crippen molar-refractivity contribution in [1.82, 2.24) is 30.4 Å². The van der Waals surface area contributed by atoms with E-state index in [4.69, 9.17) is 14.6 Å². The molecule has 2 aliphatic carbocycles. The van der Waals surface area contributed by atoms with Crippen LogP contribution in [0.15, 0.2) is 0 Å². The van der Waals surface area contributed by atoms with Gasteiger partial charge in [0.1, 0.15) is 5.69 Å². The van der Waals surface area contributed by atoms with Gasteiger partial charge in [-0.05, 0) is 35.6 Å². The zero-order valence-corrected chi connectivity index (χ0v) is 15.9. The van der Waals surface area contributed by atoms with Crippen molar-refractivity contribution in [2.75, 3.05) is 13.2 Å². The van der Waals surface area contributed by atoms with Gasteiger partial charge in [0.2, 0.25) is 0 Å². The van der Waals surface area contributed by atoms with E-state index >= 15 is 0 Å². The minimum atomic E-state index is -0.443. The smallest absolute Gasteiger partial charge is 0.198 e. The van der Waals surface area contributed by atoms with Gasteiger partial charge < -0.3 is 9.47 Å². The van der Waals surface area contributed by atoms with Crippen LogP contribution in [-0.2, 0) is 28.4 Å². The Morgan fingerprint density at radius 2 is 1.92 bits per heavy atom. The van der Waals surface area contributed by atoms with Crippen molar-refractivity contribution >= 4 is 0 Å². The van der Waals surface area contributed by atoms with Crippen LogP contribution in [-0.4, -0.2) is 49.4 Å². The van der Waals surface area contributed by atoms with E-state index in [1.165, 1.54) is 11.3 Å². The molecule has 2 fully saturated rings.